The number of ketones is 1. The minimum absolute atomic E-state index is 0.0391. The van der Waals surface area contributed by atoms with E-state index in [-0.39, 0.29) is 23.3 Å². The second-order valence-electron chi connectivity index (χ2n) is 2.94. The van der Waals surface area contributed by atoms with Crippen LogP contribution in [0, 0.1) is 11.6 Å². The van der Waals surface area contributed by atoms with E-state index in [1.165, 1.54) is 0 Å². The molecule has 1 aromatic rings. The molecule has 0 spiro atoms. The molecule has 1 aliphatic carbocycles. The molecule has 1 aliphatic rings. The van der Waals surface area contributed by atoms with Crippen LogP contribution in [0.4, 0.5) is 8.78 Å². The Balaban J connectivity index is 2.70. The van der Waals surface area contributed by atoms with E-state index in [0.717, 1.165) is 12.1 Å². The van der Waals surface area contributed by atoms with Crippen molar-refractivity contribution in [2.75, 3.05) is 0 Å². The van der Waals surface area contributed by atoms with Crippen molar-refractivity contribution in [2.24, 2.45) is 5.16 Å². The van der Waals surface area contributed by atoms with Gasteiger partial charge in [0, 0.05) is 12.0 Å². The minimum atomic E-state index is -0.787. The highest BCUT2D eigenvalue weighted by atomic mass is 19.1. The number of oxime groups is 1. The van der Waals surface area contributed by atoms with Crippen LogP contribution in [-0.2, 0) is 6.42 Å². The molecule has 0 radical (unpaired) electrons. The zero-order valence-electron chi connectivity index (χ0n) is 6.92. The lowest BCUT2D eigenvalue weighted by Crippen LogP contribution is -2.08. The maximum Gasteiger partial charge on any atom is 0.214 e. The lowest BCUT2D eigenvalue weighted by Gasteiger charge is -1.98. The van der Waals surface area contributed by atoms with Crippen LogP contribution in [0.2, 0.25) is 0 Å². The van der Waals surface area contributed by atoms with E-state index in [4.69, 9.17) is 5.21 Å². The van der Waals surface area contributed by atoms with Gasteiger partial charge in [0.15, 0.2) is 0 Å². The van der Waals surface area contributed by atoms with E-state index in [1.54, 1.807) is 0 Å². The van der Waals surface area contributed by atoms with Gasteiger partial charge in [-0.25, -0.2) is 8.78 Å². The van der Waals surface area contributed by atoms with Crippen molar-refractivity contribution in [3.8, 4) is 0 Å². The SMILES string of the molecule is O=C1/C(=N/O)Cc2c(F)ccc(F)c21. The predicted molar refractivity (Wildman–Crippen MR) is 43.6 cm³/mol. The summed E-state index contributed by atoms with van der Waals surface area (Å²) in [4.78, 5) is 11.3. The van der Waals surface area contributed by atoms with E-state index in [1.807, 2.05) is 0 Å². The largest absolute Gasteiger partial charge is 0.411 e. The van der Waals surface area contributed by atoms with Crippen LogP contribution in [0.1, 0.15) is 15.9 Å². The Labute approximate surface area is 77.7 Å². The van der Waals surface area contributed by atoms with Gasteiger partial charge in [0.25, 0.3) is 0 Å². The first-order chi connectivity index (χ1) is 6.65. The molecule has 5 heteroatoms. The molecule has 0 aliphatic heterocycles. The van der Waals surface area contributed by atoms with Crippen LogP contribution in [0.25, 0.3) is 0 Å². The van der Waals surface area contributed by atoms with Gasteiger partial charge in [-0.3, -0.25) is 4.79 Å². The molecular formula is C9H5F2NO2. The van der Waals surface area contributed by atoms with Crippen LogP contribution >= 0.6 is 0 Å². The number of carbonyl (C=O) groups excluding carboxylic acids is 1. The zero-order chi connectivity index (χ0) is 10.3. The molecule has 0 atom stereocenters. The highest BCUT2D eigenvalue weighted by molar-refractivity contribution is 6.49. The third-order valence-corrected chi connectivity index (χ3v) is 2.16. The minimum Gasteiger partial charge on any atom is -0.411 e. The lowest BCUT2D eigenvalue weighted by atomic mass is 10.1. The average Bonchev–Trinajstić information content (AvgIpc) is 2.51. The number of fused-ring (bicyclic) bond motifs is 1. The number of Topliss-reactive ketones (excluding diaryl/α,β-unsaturated/α-hetero) is 1. The van der Waals surface area contributed by atoms with Crippen molar-refractivity contribution < 1.29 is 18.8 Å². The summed E-state index contributed by atoms with van der Waals surface area (Å²) >= 11 is 0. The van der Waals surface area contributed by atoms with Crippen LogP contribution in [0.15, 0.2) is 17.3 Å². The molecule has 0 bridgehead atoms. The second-order valence-corrected chi connectivity index (χ2v) is 2.94. The van der Waals surface area contributed by atoms with E-state index in [0.29, 0.717) is 0 Å². The van der Waals surface area contributed by atoms with Gasteiger partial charge in [-0.1, -0.05) is 5.16 Å². The predicted octanol–water partition coefficient (Wildman–Crippen LogP) is 1.53. The molecule has 1 aromatic carbocycles. The quantitative estimate of drug-likeness (QED) is 0.506. The van der Waals surface area contributed by atoms with Crippen LogP contribution in [0.3, 0.4) is 0 Å². The molecule has 14 heavy (non-hydrogen) atoms. The van der Waals surface area contributed by atoms with Gasteiger partial charge in [-0.15, -0.1) is 0 Å². The lowest BCUT2D eigenvalue weighted by molar-refractivity contribution is 0.106. The molecule has 72 valence electrons. The molecular weight excluding hydrogens is 192 g/mol. The van der Waals surface area contributed by atoms with Crippen molar-refractivity contribution in [1.82, 2.24) is 0 Å². The summed E-state index contributed by atoms with van der Waals surface area (Å²) in [6.07, 6.45) is -0.158. The number of nitrogens with zero attached hydrogens (tertiary/aromatic N) is 1. The normalized spacial score (nSPS) is 17.6. The summed E-state index contributed by atoms with van der Waals surface area (Å²) in [5.74, 6) is -2.20. The number of halogens is 2. The van der Waals surface area contributed by atoms with Crippen molar-refractivity contribution in [2.45, 2.75) is 6.42 Å². The summed E-state index contributed by atoms with van der Waals surface area (Å²) in [7, 11) is 0. The van der Waals surface area contributed by atoms with Crippen LogP contribution in [-0.4, -0.2) is 16.7 Å². The Kier molecular flexibility index (Phi) is 1.80. The van der Waals surface area contributed by atoms with Gasteiger partial charge in [-0.05, 0) is 12.1 Å². The first-order valence-electron chi connectivity index (χ1n) is 3.87. The average molecular weight is 197 g/mol. The van der Waals surface area contributed by atoms with E-state index >= 15 is 0 Å². The Hall–Kier alpha value is -1.78. The number of rotatable bonds is 0. The fourth-order valence-corrected chi connectivity index (χ4v) is 1.48. The number of hydrogen-bond acceptors (Lipinski definition) is 3. The van der Waals surface area contributed by atoms with Crippen molar-refractivity contribution in [3.63, 3.8) is 0 Å². The topological polar surface area (TPSA) is 49.7 Å². The van der Waals surface area contributed by atoms with Gasteiger partial charge >= 0.3 is 0 Å². The Morgan fingerprint density at radius 1 is 1.29 bits per heavy atom. The number of hydrogen-bond donors (Lipinski definition) is 1. The van der Waals surface area contributed by atoms with Crippen molar-refractivity contribution >= 4 is 11.5 Å². The van der Waals surface area contributed by atoms with Crippen LogP contribution in [0.5, 0.6) is 0 Å². The fraction of sp³-hybridized carbons (Fsp3) is 0.111. The molecule has 0 unspecified atom stereocenters. The van der Waals surface area contributed by atoms with Gasteiger partial charge in [0.1, 0.15) is 17.3 Å². The first-order valence-corrected chi connectivity index (χ1v) is 3.87. The highest BCUT2D eigenvalue weighted by Gasteiger charge is 2.32. The van der Waals surface area contributed by atoms with Gasteiger partial charge < -0.3 is 5.21 Å². The Bertz CT molecular complexity index is 454. The van der Waals surface area contributed by atoms with E-state index < -0.39 is 17.4 Å². The van der Waals surface area contributed by atoms with Gasteiger partial charge in [0.2, 0.25) is 5.78 Å². The fourth-order valence-electron chi connectivity index (χ4n) is 1.48. The van der Waals surface area contributed by atoms with Gasteiger partial charge in [0.05, 0.1) is 5.56 Å². The molecule has 0 amide bonds. The summed E-state index contributed by atoms with van der Waals surface area (Å²) in [6.45, 7) is 0. The summed E-state index contributed by atoms with van der Waals surface area (Å²) < 4.78 is 26.2. The third-order valence-electron chi connectivity index (χ3n) is 2.16. The number of benzene rings is 1. The molecule has 0 saturated heterocycles. The summed E-state index contributed by atoms with van der Waals surface area (Å²) in [5.41, 5.74) is -0.593. The number of carbonyl (C=O) groups is 1. The molecule has 2 rings (SSSR count). The van der Waals surface area contributed by atoms with Crippen molar-refractivity contribution in [3.05, 3.63) is 34.9 Å². The Morgan fingerprint density at radius 2 is 1.93 bits per heavy atom. The third kappa shape index (κ3) is 1.02. The van der Waals surface area contributed by atoms with E-state index in [9.17, 15) is 13.6 Å². The van der Waals surface area contributed by atoms with Crippen LogP contribution < -0.4 is 0 Å². The maximum absolute atomic E-state index is 13.1. The molecule has 1 N–H and O–H groups in total. The standard InChI is InChI=1S/C9H5F2NO2/c10-5-1-2-6(11)8-4(5)3-7(12-14)9(8)13/h1-2,14H,3H2/b12-7+. The molecule has 0 saturated carbocycles. The molecule has 0 heterocycles. The zero-order valence-corrected chi connectivity index (χ0v) is 6.92. The highest BCUT2D eigenvalue weighted by Crippen LogP contribution is 2.25. The molecule has 0 aromatic heterocycles. The smallest absolute Gasteiger partial charge is 0.214 e. The Morgan fingerprint density at radius 3 is 2.50 bits per heavy atom. The molecule has 0 fully saturated rings. The summed E-state index contributed by atoms with van der Waals surface area (Å²) in [5, 5.41) is 11.1. The monoisotopic (exact) mass is 197 g/mol. The van der Waals surface area contributed by atoms with Gasteiger partial charge in [-0.2, -0.15) is 0 Å². The maximum atomic E-state index is 13.1. The summed E-state index contributed by atoms with van der Waals surface area (Å²) in [6, 6.07) is 1.83. The first kappa shape index (κ1) is 8.80. The van der Waals surface area contributed by atoms with E-state index in [2.05, 4.69) is 5.16 Å². The second kappa shape index (κ2) is 2.87. The molecule has 3 nitrogen and oxygen atoms in total. The van der Waals surface area contributed by atoms with Crippen molar-refractivity contribution in [1.29, 1.82) is 0 Å².